The molecule has 1 aromatic heterocycles. The molecule has 0 unspecified atom stereocenters. The Kier molecular flexibility index (Phi) is 5.82. The molecule has 0 fully saturated rings. The molecule has 26 heavy (non-hydrogen) atoms. The molecule has 1 N–H and O–H groups in total. The van der Waals surface area contributed by atoms with E-state index in [9.17, 15) is 5.26 Å². The smallest absolute Gasteiger partial charge is 0.210 e. The molecule has 2 aromatic carbocycles. The van der Waals surface area contributed by atoms with Crippen LogP contribution in [0, 0.1) is 18.3 Å². The average Bonchev–Trinajstić information content (AvgIpc) is 3.11. The van der Waals surface area contributed by atoms with Gasteiger partial charge in [-0.2, -0.15) is 5.26 Å². The van der Waals surface area contributed by atoms with Gasteiger partial charge in [-0.15, -0.1) is 5.10 Å². The Balaban J connectivity index is 1.76. The van der Waals surface area contributed by atoms with Crippen LogP contribution < -0.4 is 4.74 Å². The van der Waals surface area contributed by atoms with Gasteiger partial charge in [-0.1, -0.05) is 53.2 Å². The van der Waals surface area contributed by atoms with Gasteiger partial charge in [0.25, 0.3) is 0 Å². The minimum atomic E-state index is -0.275. The normalized spacial score (nSPS) is 11.8. The van der Waals surface area contributed by atoms with Crippen molar-refractivity contribution in [1.29, 1.82) is 5.26 Å². The molecule has 1 atom stereocenters. The quantitative estimate of drug-likeness (QED) is 0.625. The van der Waals surface area contributed by atoms with Gasteiger partial charge in [-0.05, 0) is 37.1 Å². The van der Waals surface area contributed by atoms with Crippen LogP contribution in [0.15, 0.2) is 47.6 Å². The summed E-state index contributed by atoms with van der Waals surface area (Å²) in [5.41, 5.74) is 3.04. The molecule has 0 aliphatic rings. The fraction of sp³-hybridized carbons (Fsp3) is 0.211. The van der Waals surface area contributed by atoms with E-state index in [-0.39, 0.29) is 5.25 Å². The van der Waals surface area contributed by atoms with Crippen molar-refractivity contribution >= 4 is 23.4 Å². The van der Waals surface area contributed by atoms with E-state index in [1.165, 1.54) is 17.3 Å². The van der Waals surface area contributed by atoms with Crippen molar-refractivity contribution in [2.75, 3.05) is 7.11 Å². The Morgan fingerprint density at radius 1 is 1.27 bits per heavy atom. The molecule has 3 aromatic rings. The Morgan fingerprint density at radius 2 is 2.04 bits per heavy atom. The minimum absolute atomic E-state index is 0.275. The highest BCUT2D eigenvalue weighted by Crippen LogP contribution is 2.32. The molecule has 0 spiro atoms. The number of nitriles is 1. The second-order valence-electron chi connectivity index (χ2n) is 5.74. The monoisotopic (exact) mass is 384 g/mol. The number of H-pyrrole nitrogens is 1. The number of methoxy groups -OCH3 is 1. The number of halogens is 1. The van der Waals surface area contributed by atoms with Crippen LogP contribution in [0.2, 0.25) is 5.02 Å². The molecule has 132 valence electrons. The van der Waals surface area contributed by atoms with E-state index < -0.39 is 0 Å². The maximum Gasteiger partial charge on any atom is 0.210 e. The van der Waals surface area contributed by atoms with E-state index >= 15 is 0 Å². The highest BCUT2D eigenvalue weighted by molar-refractivity contribution is 8.00. The van der Waals surface area contributed by atoms with Crippen LogP contribution in [0.5, 0.6) is 5.75 Å². The molecule has 0 aliphatic carbocycles. The van der Waals surface area contributed by atoms with Crippen LogP contribution in [-0.2, 0) is 6.42 Å². The fourth-order valence-corrected chi connectivity index (χ4v) is 3.46. The first-order valence-electron chi connectivity index (χ1n) is 7.97. The first kappa shape index (κ1) is 18.3. The third-order valence-corrected chi connectivity index (χ3v) is 5.00. The van der Waals surface area contributed by atoms with Crippen LogP contribution in [0.25, 0.3) is 11.4 Å². The largest absolute Gasteiger partial charge is 0.496 e. The van der Waals surface area contributed by atoms with E-state index in [2.05, 4.69) is 21.3 Å². The lowest BCUT2D eigenvalue weighted by atomic mass is 10.1. The predicted octanol–water partition coefficient (Wildman–Crippen LogP) is 4.67. The number of nitrogens with one attached hydrogen (secondary N) is 1. The maximum atomic E-state index is 9.47. The SMILES string of the molecule is COc1ccc(Cl)cc1-c1nc(S[C@H](C#N)Cc2ccc(C)cc2)n[nH]1. The van der Waals surface area contributed by atoms with Crippen LogP contribution in [0.3, 0.4) is 0 Å². The van der Waals surface area contributed by atoms with Crippen molar-refractivity contribution in [2.24, 2.45) is 0 Å². The highest BCUT2D eigenvalue weighted by Gasteiger charge is 2.16. The number of hydrogen-bond donors (Lipinski definition) is 1. The number of aromatic nitrogens is 3. The summed E-state index contributed by atoms with van der Waals surface area (Å²) in [5, 5.41) is 17.4. The number of hydrogen-bond acceptors (Lipinski definition) is 5. The summed E-state index contributed by atoms with van der Waals surface area (Å²) in [6.07, 6.45) is 0.631. The Labute approximate surface area is 161 Å². The van der Waals surface area contributed by atoms with E-state index in [1.807, 2.05) is 31.2 Å². The van der Waals surface area contributed by atoms with Crippen molar-refractivity contribution in [3.8, 4) is 23.2 Å². The van der Waals surface area contributed by atoms with Gasteiger partial charge in [0.1, 0.15) is 11.0 Å². The minimum Gasteiger partial charge on any atom is -0.496 e. The summed E-state index contributed by atoms with van der Waals surface area (Å²) in [5.74, 6) is 1.21. The van der Waals surface area contributed by atoms with E-state index in [0.29, 0.717) is 28.2 Å². The molecule has 0 radical (unpaired) electrons. The van der Waals surface area contributed by atoms with Crippen molar-refractivity contribution in [3.05, 3.63) is 58.6 Å². The summed E-state index contributed by atoms with van der Waals surface area (Å²) < 4.78 is 5.35. The number of rotatable bonds is 6. The van der Waals surface area contributed by atoms with Crippen molar-refractivity contribution in [2.45, 2.75) is 23.8 Å². The third kappa shape index (κ3) is 4.37. The number of nitrogens with zero attached hydrogens (tertiary/aromatic N) is 3. The summed E-state index contributed by atoms with van der Waals surface area (Å²) >= 11 is 7.41. The van der Waals surface area contributed by atoms with Crippen molar-refractivity contribution in [1.82, 2.24) is 15.2 Å². The highest BCUT2D eigenvalue weighted by atomic mass is 35.5. The topological polar surface area (TPSA) is 74.6 Å². The van der Waals surface area contributed by atoms with E-state index in [4.69, 9.17) is 16.3 Å². The second-order valence-corrected chi connectivity index (χ2v) is 7.34. The fourth-order valence-electron chi connectivity index (χ4n) is 2.46. The van der Waals surface area contributed by atoms with Crippen LogP contribution in [0.4, 0.5) is 0 Å². The zero-order chi connectivity index (χ0) is 18.5. The van der Waals surface area contributed by atoms with Crippen LogP contribution in [-0.4, -0.2) is 27.5 Å². The molecular formula is C19H17ClN4OS. The van der Waals surface area contributed by atoms with Crippen molar-refractivity contribution < 1.29 is 4.74 Å². The summed E-state index contributed by atoms with van der Waals surface area (Å²) in [7, 11) is 1.59. The molecule has 0 saturated carbocycles. The van der Waals surface area contributed by atoms with Gasteiger partial charge in [-0.25, -0.2) is 4.98 Å². The first-order valence-corrected chi connectivity index (χ1v) is 9.23. The summed E-state index contributed by atoms with van der Waals surface area (Å²) in [6.45, 7) is 2.04. The van der Waals surface area contributed by atoms with Crippen LogP contribution >= 0.6 is 23.4 Å². The van der Waals surface area contributed by atoms with Gasteiger partial charge < -0.3 is 4.74 Å². The number of aryl methyl sites for hydroxylation is 1. The first-order chi connectivity index (χ1) is 12.6. The van der Waals surface area contributed by atoms with Gasteiger partial charge in [0.05, 0.1) is 18.7 Å². The van der Waals surface area contributed by atoms with E-state index in [0.717, 1.165) is 11.1 Å². The summed E-state index contributed by atoms with van der Waals surface area (Å²) in [4.78, 5) is 4.48. The Morgan fingerprint density at radius 3 is 2.73 bits per heavy atom. The van der Waals surface area contributed by atoms with Gasteiger partial charge >= 0.3 is 0 Å². The Bertz CT molecular complexity index is 933. The zero-order valence-corrected chi connectivity index (χ0v) is 15.9. The zero-order valence-electron chi connectivity index (χ0n) is 14.4. The second kappa shape index (κ2) is 8.26. The molecule has 1 heterocycles. The van der Waals surface area contributed by atoms with Gasteiger partial charge in [-0.3, -0.25) is 5.10 Å². The molecule has 0 aliphatic heterocycles. The molecule has 0 amide bonds. The molecule has 3 rings (SSSR count). The molecular weight excluding hydrogens is 368 g/mol. The number of aromatic amines is 1. The third-order valence-electron chi connectivity index (χ3n) is 3.81. The lowest BCUT2D eigenvalue weighted by Gasteiger charge is -2.07. The number of benzene rings is 2. The lowest BCUT2D eigenvalue weighted by Crippen LogP contribution is -2.04. The van der Waals surface area contributed by atoms with Gasteiger partial charge in [0.2, 0.25) is 5.16 Å². The average molecular weight is 385 g/mol. The molecule has 5 nitrogen and oxygen atoms in total. The molecule has 0 saturated heterocycles. The van der Waals surface area contributed by atoms with Gasteiger partial charge in [0.15, 0.2) is 5.82 Å². The summed E-state index contributed by atoms with van der Waals surface area (Å²) in [6, 6.07) is 15.8. The standard InChI is InChI=1S/C19H17ClN4OS/c1-12-3-5-13(6-4-12)9-15(11-21)26-19-22-18(23-24-19)16-10-14(20)7-8-17(16)25-2/h3-8,10,15H,9H2,1-2H3,(H,22,23,24)/t15-/m0/s1. The predicted molar refractivity (Wildman–Crippen MR) is 104 cm³/mol. The van der Waals surface area contributed by atoms with Crippen LogP contribution in [0.1, 0.15) is 11.1 Å². The number of thioether (sulfide) groups is 1. The van der Waals surface area contributed by atoms with Crippen molar-refractivity contribution in [3.63, 3.8) is 0 Å². The Hall–Kier alpha value is -2.49. The lowest BCUT2D eigenvalue weighted by molar-refractivity contribution is 0.416. The van der Waals surface area contributed by atoms with Gasteiger partial charge in [0, 0.05) is 5.02 Å². The maximum absolute atomic E-state index is 9.47. The molecule has 0 bridgehead atoms. The van der Waals surface area contributed by atoms with E-state index in [1.54, 1.807) is 25.3 Å². The molecule has 7 heteroatoms. The number of ether oxygens (including phenoxy) is 1.